The summed E-state index contributed by atoms with van der Waals surface area (Å²) in [6, 6.07) is 9.85. The van der Waals surface area contributed by atoms with Crippen LogP contribution in [0.2, 0.25) is 0 Å². The second-order valence-corrected chi connectivity index (χ2v) is 11.2. The fourth-order valence-electron chi connectivity index (χ4n) is 5.57. The Morgan fingerprint density at radius 3 is 2.64 bits per heavy atom. The molecule has 2 aromatic heterocycles. The van der Waals surface area contributed by atoms with Gasteiger partial charge >= 0.3 is 0 Å². The predicted octanol–water partition coefficient (Wildman–Crippen LogP) is 4.25. The van der Waals surface area contributed by atoms with Crippen LogP contribution >= 0.6 is 0 Å². The number of anilines is 6. The van der Waals surface area contributed by atoms with Crippen molar-refractivity contribution in [2.24, 2.45) is 0 Å². The summed E-state index contributed by atoms with van der Waals surface area (Å²) in [6.45, 7) is 9.48. The summed E-state index contributed by atoms with van der Waals surface area (Å²) in [5.74, 6) is 1.49. The molecule has 0 radical (unpaired) electrons. The number of fused-ring (bicyclic) bond motifs is 2. The van der Waals surface area contributed by atoms with Crippen LogP contribution in [0, 0.1) is 6.92 Å². The monoisotopic (exact) mass is 572 g/mol. The number of nitrogens with zero attached hydrogens (tertiary/aromatic N) is 6. The molecule has 2 N–H and O–H groups in total. The Balaban J connectivity index is 1.47. The largest absolute Gasteiger partial charge is 0.494 e. The van der Waals surface area contributed by atoms with Crippen molar-refractivity contribution in [2.45, 2.75) is 25.2 Å². The van der Waals surface area contributed by atoms with E-state index in [1.807, 2.05) is 52.3 Å². The maximum absolute atomic E-state index is 12.3. The first-order valence-electron chi connectivity index (χ1n) is 14.2. The third-order valence-corrected chi connectivity index (χ3v) is 7.94. The molecule has 1 fully saturated rings. The number of carbonyl (C=O) groups excluding carboxylic acids is 1. The van der Waals surface area contributed by atoms with Gasteiger partial charge in [0.05, 0.1) is 35.6 Å². The predicted molar refractivity (Wildman–Crippen MR) is 167 cm³/mol. The van der Waals surface area contributed by atoms with Gasteiger partial charge in [0.15, 0.2) is 0 Å². The summed E-state index contributed by atoms with van der Waals surface area (Å²) in [6.07, 6.45) is 4.85. The minimum atomic E-state index is -0.301. The van der Waals surface area contributed by atoms with Gasteiger partial charge < -0.3 is 34.8 Å². The van der Waals surface area contributed by atoms with Crippen LogP contribution in [0.3, 0.4) is 0 Å². The Morgan fingerprint density at radius 2 is 1.93 bits per heavy atom. The molecule has 2 aliphatic rings. The Morgan fingerprint density at radius 1 is 1.14 bits per heavy atom. The first kappa shape index (κ1) is 29.3. The Bertz CT molecular complexity index is 1450. The molecule has 2 aliphatic heterocycles. The lowest BCUT2D eigenvalue weighted by atomic mass is 9.78. The van der Waals surface area contributed by atoms with E-state index in [9.17, 15) is 4.79 Å². The molecule has 0 atom stereocenters. The smallest absolute Gasteiger partial charge is 0.247 e. The summed E-state index contributed by atoms with van der Waals surface area (Å²) in [5, 5.41) is 6.26. The lowest BCUT2D eigenvalue weighted by Crippen LogP contribution is -2.38. The number of carbonyl (C=O) groups is 1. The molecule has 0 unspecified atom stereocenters. The standard InChI is InChI=1S/C31H40N8O3/c1-7-28(40)34-22-18-23(26(41-6)19-25(22)38(5)15-14-37(3)4)35-30-32-13-10-27(36-30)39-20-31(11-16-42-17-12-31)29-24(39)9-8-21(2)33-29/h7-10,13,18-19H,1,11-12,14-17,20H2,2-6H3,(H,34,40)(H,32,35,36). The van der Waals surface area contributed by atoms with Gasteiger partial charge in [-0.25, -0.2) is 4.98 Å². The number of methoxy groups -OCH3 is 1. The number of hydrogen-bond acceptors (Lipinski definition) is 10. The SMILES string of the molecule is C=CC(=O)Nc1cc(Nc2nccc(N3CC4(CCOCC4)c4nc(C)ccc43)n2)c(OC)cc1N(C)CCN(C)C. The summed E-state index contributed by atoms with van der Waals surface area (Å²) in [7, 11) is 7.65. The maximum atomic E-state index is 12.3. The van der Waals surface area contributed by atoms with Gasteiger partial charge in [-0.3, -0.25) is 9.78 Å². The minimum Gasteiger partial charge on any atom is -0.494 e. The highest BCUT2D eigenvalue weighted by atomic mass is 16.5. The molecule has 3 aromatic rings. The number of aryl methyl sites for hydroxylation is 1. The molecule has 1 amide bonds. The van der Waals surface area contributed by atoms with Crippen molar-refractivity contribution >= 4 is 40.4 Å². The highest BCUT2D eigenvalue weighted by molar-refractivity contribution is 6.02. The van der Waals surface area contributed by atoms with Crippen molar-refractivity contribution in [3.63, 3.8) is 0 Å². The number of nitrogens with one attached hydrogen (secondary N) is 2. The number of pyridine rings is 1. The van der Waals surface area contributed by atoms with Gasteiger partial charge in [0.25, 0.3) is 0 Å². The Labute approximate surface area is 247 Å². The molecule has 11 nitrogen and oxygen atoms in total. The summed E-state index contributed by atoms with van der Waals surface area (Å²) in [4.78, 5) is 33.2. The first-order chi connectivity index (χ1) is 20.2. The zero-order chi connectivity index (χ0) is 29.9. The molecule has 1 spiro atoms. The van der Waals surface area contributed by atoms with Crippen LogP contribution in [0.15, 0.2) is 49.2 Å². The van der Waals surface area contributed by atoms with E-state index >= 15 is 0 Å². The average molecular weight is 573 g/mol. The third kappa shape index (κ3) is 6.02. The van der Waals surface area contributed by atoms with E-state index in [0.29, 0.717) is 23.1 Å². The molecule has 0 aliphatic carbocycles. The van der Waals surface area contributed by atoms with E-state index in [-0.39, 0.29) is 11.3 Å². The van der Waals surface area contributed by atoms with Crippen LogP contribution in [0.4, 0.5) is 34.5 Å². The molecule has 5 rings (SSSR count). The van der Waals surface area contributed by atoms with Crippen molar-refractivity contribution in [3.8, 4) is 5.75 Å². The topological polar surface area (TPSA) is 108 Å². The number of aromatic nitrogens is 3. The molecule has 42 heavy (non-hydrogen) atoms. The molecule has 0 saturated carbocycles. The number of amides is 1. The van der Waals surface area contributed by atoms with Crippen LogP contribution in [0.5, 0.6) is 5.75 Å². The van der Waals surface area contributed by atoms with E-state index < -0.39 is 0 Å². The van der Waals surface area contributed by atoms with E-state index in [4.69, 9.17) is 19.4 Å². The van der Waals surface area contributed by atoms with Crippen LogP contribution in [-0.4, -0.2) is 86.9 Å². The molecule has 0 bridgehead atoms. The summed E-state index contributed by atoms with van der Waals surface area (Å²) in [5.41, 5.74) is 5.21. The fourth-order valence-corrected chi connectivity index (χ4v) is 5.57. The molecular weight excluding hydrogens is 532 g/mol. The molecule has 4 heterocycles. The number of hydrogen-bond donors (Lipinski definition) is 2. The lowest BCUT2D eigenvalue weighted by molar-refractivity contribution is -0.111. The summed E-state index contributed by atoms with van der Waals surface area (Å²) >= 11 is 0. The number of rotatable bonds is 10. The normalized spacial score (nSPS) is 15.4. The fraction of sp³-hybridized carbons (Fsp3) is 0.419. The molecular formula is C31H40N8O3. The maximum Gasteiger partial charge on any atom is 0.247 e. The zero-order valence-electron chi connectivity index (χ0n) is 25.1. The van der Waals surface area contributed by atoms with Gasteiger partial charge in [0.1, 0.15) is 11.6 Å². The lowest BCUT2D eigenvalue weighted by Gasteiger charge is -2.33. The second-order valence-electron chi connectivity index (χ2n) is 11.2. The van der Waals surface area contributed by atoms with Gasteiger partial charge in [-0.15, -0.1) is 0 Å². The van der Waals surface area contributed by atoms with Gasteiger partial charge in [0.2, 0.25) is 11.9 Å². The summed E-state index contributed by atoms with van der Waals surface area (Å²) < 4.78 is 11.5. The Hall–Kier alpha value is -4.22. The number of ether oxygens (including phenoxy) is 2. The van der Waals surface area contributed by atoms with Crippen molar-refractivity contribution in [3.05, 3.63) is 60.6 Å². The third-order valence-electron chi connectivity index (χ3n) is 7.94. The van der Waals surface area contributed by atoms with Crippen LogP contribution in [-0.2, 0) is 14.9 Å². The van der Waals surface area contributed by atoms with Crippen molar-refractivity contribution in [1.29, 1.82) is 0 Å². The van der Waals surface area contributed by atoms with Crippen molar-refractivity contribution in [1.82, 2.24) is 19.9 Å². The van der Waals surface area contributed by atoms with Crippen molar-refractivity contribution in [2.75, 3.05) is 81.5 Å². The first-order valence-corrected chi connectivity index (χ1v) is 14.2. The van der Waals surface area contributed by atoms with Crippen molar-refractivity contribution < 1.29 is 14.3 Å². The Kier molecular flexibility index (Phi) is 8.60. The quantitative estimate of drug-likeness (QED) is 0.342. The molecule has 1 aromatic carbocycles. The van der Waals surface area contributed by atoms with Gasteiger partial charge in [-0.1, -0.05) is 6.58 Å². The van der Waals surface area contributed by atoms with Crippen LogP contribution in [0.1, 0.15) is 24.2 Å². The minimum absolute atomic E-state index is 0.0614. The molecule has 1 saturated heterocycles. The highest BCUT2D eigenvalue weighted by Crippen LogP contribution is 2.48. The van der Waals surface area contributed by atoms with E-state index in [1.54, 1.807) is 13.3 Å². The molecule has 222 valence electrons. The second kappa shape index (κ2) is 12.3. The van der Waals surface area contributed by atoms with Gasteiger partial charge in [0, 0.05) is 63.3 Å². The molecule has 11 heteroatoms. The highest BCUT2D eigenvalue weighted by Gasteiger charge is 2.46. The number of benzene rings is 1. The van der Waals surface area contributed by atoms with E-state index in [0.717, 1.165) is 74.3 Å². The van der Waals surface area contributed by atoms with Crippen LogP contribution < -0.4 is 25.2 Å². The van der Waals surface area contributed by atoms with E-state index in [2.05, 4.69) is 43.0 Å². The van der Waals surface area contributed by atoms with E-state index in [1.165, 1.54) is 6.08 Å². The average Bonchev–Trinajstić information content (AvgIpc) is 3.28. The number of likely N-dealkylation sites (N-methyl/N-ethyl adjacent to an activating group) is 2. The van der Waals surface area contributed by atoms with Gasteiger partial charge in [-0.05, 0) is 64.2 Å². The zero-order valence-corrected chi connectivity index (χ0v) is 25.1. The van der Waals surface area contributed by atoms with Gasteiger partial charge in [-0.2, -0.15) is 4.98 Å². The van der Waals surface area contributed by atoms with Crippen LogP contribution in [0.25, 0.3) is 0 Å².